The summed E-state index contributed by atoms with van der Waals surface area (Å²) in [5.74, 6) is 0. The van der Waals surface area contributed by atoms with Crippen LogP contribution in [0.3, 0.4) is 0 Å². The van der Waals surface area contributed by atoms with Gasteiger partial charge in [0.05, 0.1) is 17.9 Å². The Hall–Kier alpha value is -0.950. The van der Waals surface area contributed by atoms with Crippen LogP contribution in [0.4, 0.5) is 0 Å². The third-order valence-electron chi connectivity index (χ3n) is 0.476. The zero-order valence-electron chi connectivity index (χ0n) is 3.33. The van der Waals surface area contributed by atoms with Crippen LogP contribution in [-0.4, -0.2) is 8.75 Å². The van der Waals surface area contributed by atoms with Crippen molar-refractivity contribution >= 4 is 11.7 Å². The van der Waals surface area contributed by atoms with Crippen molar-refractivity contribution in [3.8, 4) is 6.07 Å². The molecule has 1 heterocycles. The molecule has 1 rings (SSSR count). The summed E-state index contributed by atoms with van der Waals surface area (Å²) in [7, 11) is 0. The first-order valence-electron chi connectivity index (χ1n) is 1.61. The van der Waals surface area contributed by atoms with Gasteiger partial charge in [-0.25, -0.2) is 0 Å². The average molecular weight is 111 g/mol. The van der Waals surface area contributed by atoms with Crippen LogP contribution >= 0.6 is 11.7 Å². The SMILES string of the molecule is N#Cc1cnsn1. The van der Waals surface area contributed by atoms with Gasteiger partial charge in [0.2, 0.25) is 0 Å². The third-order valence-corrected chi connectivity index (χ3v) is 0.954. The molecule has 0 aliphatic heterocycles. The second kappa shape index (κ2) is 1.67. The molecule has 1 aromatic rings. The molecular weight excluding hydrogens is 110 g/mol. The summed E-state index contributed by atoms with van der Waals surface area (Å²) in [6, 6.07) is 1.84. The summed E-state index contributed by atoms with van der Waals surface area (Å²) in [6.07, 6.45) is 1.44. The van der Waals surface area contributed by atoms with Crippen LogP contribution in [0.15, 0.2) is 6.20 Å². The Morgan fingerprint density at radius 3 is 3.00 bits per heavy atom. The van der Waals surface area contributed by atoms with Gasteiger partial charge in [-0.1, -0.05) is 0 Å². The fourth-order valence-corrected chi connectivity index (χ4v) is 0.584. The van der Waals surface area contributed by atoms with Crippen molar-refractivity contribution in [2.75, 3.05) is 0 Å². The van der Waals surface area contributed by atoms with E-state index in [2.05, 4.69) is 8.75 Å². The predicted molar refractivity (Wildman–Crippen MR) is 24.6 cm³/mol. The van der Waals surface area contributed by atoms with Crippen LogP contribution in [0.2, 0.25) is 0 Å². The van der Waals surface area contributed by atoms with Gasteiger partial charge in [0, 0.05) is 0 Å². The molecule has 0 saturated heterocycles. The second-order valence-electron chi connectivity index (χ2n) is 0.904. The van der Waals surface area contributed by atoms with Crippen molar-refractivity contribution in [3.63, 3.8) is 0 Å². The van der Waals surface area contributed by atoms with Crippen molar-refractivity contribution in [2.45, 2.75) is 0 Å². The molecule has 0 aliphatic carbocycles. The van der Waals surface area contributed by atoms with E-state index in [0.717, 1.165) is 11.7 Å². The molecule has 0 N–H and O–H groups in total. The first-order chi connectivity index (χ1) is 3.43. The van der Waals surface area contributed by atoms with Crippen LogP contribution in [0.5, 0.6) is 0 Å². The number of hydrogen-bond donors (Lipinski definition) is 0. The molecule has 0 radical (unpaired) electrons. The van der Waals surface area contributed by atoms with Gasteiger partial charge in [-0.05, 0) is 0 Å². The molecule has 0 saturated carbocycles. The van der Waals surface area contributed by atoms with Crippen LogP contribution < -0.4 is 0 Å². The van der Waals surface area contributed by atoms with Crippen molar-refractivity contribution in [3.05, 3.63) is 11.9 Å². The summed E-state index contributed by atoms with van der Waals surface area (Å²) in [5.41, 5.74) is 0.394. The van der Waals surface area contributed by atoms with Crippen LogP contribution in [0.1, 0.15) is 5.69 Å². The Morgan fingerprint density at radius 2 is 2.71 bits per heavy atom. The number of hydrogen-bond acceptors (Lipinski definition) is 4. The zero-order valence-corrected chi connectivity index (χ0v) is 4.14. The highest BCUT2D eigenvalue weighted by molar-refractivity contribution is 6.99. The summed E-state index contributed by atoms with van der Waals surface area (Å²) in [4.78, 5) is 0. The van der Waals surface area contributed by atoms with E-state index in [4.69, 9.17) is 5.26 Å². The molecule has 34 valence electrons. The molecule has 0 unspecified atom stereocenters. The summed E-state index contributed by atoms with van der Waals surface area (Å²) >= 11 is 1.04. The lowest BCUT2D eigenvalue weighted by Gasteiger charge is -1.58. The monoisotopic (exact) mass is 111 g/mol. The molecule has 7 heavy (non-hydrogen) atoms. The van der Waals surface area contributed by atoms with E-state index in [0.29, 0.717) is 5.69 Å². The Bertz CT molecular complexity index is 173. The standard InChI is InChI=1S/C3HN3S/c4-1-3-2-5-7-6-3/h2H. The van der Waals surface area contributed by atoms with Gasteiger partial charge in [-0.15, -0.1) is 0 Å². The van der Waals surface area contributed by atoms with E-state index in [-0.39, 0.29) is 0 Å². The van der Waals surface area contributed by atoms with Crippen molar-refractivity contribution in [1.82, 2.24) is 8.75 Å². The molecule has 4 heteroatoms. The predicted octanol–water partition coefficient (Wildman–Crippen LogP) is 0.410. The first kappa shape index (κ1) is 4.22. The maximum Gasteiger partial charge on any atom is 0.174 e. The number of nitriles is 1. The van der Waals surface area contributed by atoms with E-state index in [1.54, 1.807) is 0 Å². The van der Waals surface area contributed by atoms with Gasteiger partial charge in [0.15, 0.2) is 5.69 Å². The Kier molecular flexibility index (Phi) is 1.00. The largest absolute Gasteiger partial charge is 0.191 e. The normalized spacial score (nSPS) is 7.86. The lowest BCUT2D eigenvalue weighted by atomic mass is 10.6. The molecule has 0 aromatic carbocycles. The van der Waals surface area contributed by atoms with Crippen LogP contribution in [0.25, 0.3) is 0 Å². The summed E-state index contributed by atoms with van der Waals surface area (Å²) in [6.45, 7) is 0. The van der Waals surface area contributed by atoms with Crippen LogP contribution in [-0.2, 0) is 0 Å². The van der Waals surface area contributed by atoms with Gasteiger partial charge >= 0.3 is 0 Å². The third kappa shape index (κ3) is 0.725. The summed E-state index contributed by atoms with van der Waals surface area (Å²) < 4.78 is 7.21. The zero-order chi connectivity index (χ0) is 5.11. The number of aromatic nitrogens is 2. The van der Waals surface area contributed by atoms with Crippen molar-refractivity contribution in [1.29, 1.82) is 5.26 Å². The first-order valence-corrected chi connectivity index (χ1v) is 2.34. The fourth-order valence-electron chi connectivity index (χ4n) is 0.214. The molecule has 0 spiro atoms. The second-order valence-corrected chi connectivity index (χ2v) is 1.46. The smallest absolute Gasteiger partial charge is 0.174 e. The summed E-state index contributed by atoms with van der Waals surface area (Å²) in [5, 5.41) is 8.08. The molecule has 0 bridgehead atoms. The highest BCUT2D eigenvalue weighted by atomic mass is 32.1. The Morgan fingerprint density at radius 1 is 1.86 bits per heavy atom. The minimum absolute atomic E-state index is 0.394. The van der Waals surface area contributed by atoms with E-state index < -0.39 is 0 Å². The lowest BCUT2D eigenvalue weighted by molar-refractivity contribution is 1.40. The van der Waals surface area contributed by atoms with E-state index in [1.165, 1.54) is 6.20 Å². The molecule has 3 nitrogen and oxygen atoms in total. The minimum Gasteiger partial charge on any atom is -0.191 e. The topological polar surface area (TPSA) is 49.6 Å². The van der Waals surface area contributed by atoms with Gasteiger partial charge in [0.1, 0.15) is 6.07 Å². The van der Waals surface area contributed by atoms with Crippen LogP contribution in [0, 0.1) is 11.3 Å². The Labute approximate surface area is 44.6 Å². The molecule has 0 fully saturated rings. The highest BCUT2D eigenvalue weighted by Gasteiger charge is 1.86. The highest BCUT2D eigenvalue weighted by Crippen LogP contribution is 1.88. The Balaban J connectivity index is 3.04. The lowest BCUT2D eigenvalue weighted by Crippen LogP contribution is -1.63. The van der Waals surface area contributed by atoms with Gasteiger partial charge in [-0.2, -0.15) is 14.0 Å². The molecule has 0 amide bonds. The molecule has 1 aromatic heterocycles. The van der Waals surface area contributed by atoms with E-state index in [9.17, 15) is 0 Å². The minimum atomic E-state index is 0.394. The number of nitrogens with zero attached hydrogens (tertiary/aromatic N) is 3. The molecule has 0 atom stereocenters. The van der Waals surface area contributed by atoms with Crippen molar-refractivity contribution < 1.29 is 0 Å². The van der Waals surface area contributed by atoms with Gasteiger partial charge < -0.3 is 0 Å². The molecular formula is C3HN3S. The molecule has 0 aliphatic rings. The van der Waals surface area contributed by atoms with Gasteiger partial charge in [0.25, 0.3) is 0 Å². The quantitative estimate of drug-likeness (QED) is 0.487. The number of rotatable bonds is 0. The van der Waals surface area contributed by atoms with Crippen molar-refractivity contribution in [2.24, 2.45) is 0 Å². The fraction of sp³-hybridized carbons (Fsp3) is 0. The van der Waals surface area contributed by atoms with E-state index >= 15 is 0 Å². The van der Waals surface area contributed by atoms with Gasteiger partial charge in [-0.3, -0.25) is 0 Å². The van der Waals surface area contributed by atoms with E-state index in [1.807, 2.05) is 6.07 Å². The maximum absolute atomic E-state index is 8.08. The average Bonchev–Trinajstić information content (AvgIpc) is 2.14. The maximum atomic E-state index is 8.08.